The van der Waals surface area contributed by atoms with Crippen LogP contribution in [-0.2, 0) is 19.1 Å². The molecular weight excluding hydrogens is 374 g/mol. The molecule has 0 radical (unpaired) electrons. The van der Waals surface area contributed by atoms with Crippen LogP contribution in [0.1, 0.15) is 25.0 Å². The molecule has 0 atom stereocenters. The third-order valence-electron chi connectivity index (χ3n) is 3.86. The molecule has 1 aliphatic heterocycles. The summed E-state index contributed by atoms with van der Waals surface area (Å²) >= 11 is 0. The lowest BCUT2D eigenvalue weighted by molar-refractivity contribution is -0.145. The average molecular weight is 395 g/mol. The number of cyclic esters (lactones) is 1. The highest BCUT2D eigenvalue weighted by Crippen LogP contribution is 2.30. The molecule has 1 heterocycles. The van der Waals surface area contributed by atoms with Crippen molar-refractivity contribution in [3.05, 3.63) is 65.4 Å². The molecule has 0 bridgehead atoms. The van der Waals surface area contributed by atoms with Crippen LogP contribution in [0.15, 0.2) is 59.2 Å². The highest BCUT2D eigenvalue weighted by molar-refractivity contribution is 6.12. The monoisotopic (exact) mass is 395 g/mol. The number of rotatable bonds is 8. The summed E-state index contributed by atoms with van der Waals surface area (Å²) in [5.74, 6) is 0.137. The summed E-state index contributed by atoms with van der Waals surface area (Å²) in [6, 6.07) is 14.3. The zero-order chi connectivity index (χ0) is 20.6. The van der Waals surface area contributed by atoms with E-state index < -0.39 is 11.9 Å². The summed E-state index contributed by atoms with van der Waals surface area (Å²) in [6.45, 7) is 4.05. The van der Waals surface area contributed by atoms with Crippen molar-refractivity contribution in [2.45, 2.75) is 13.8 Å². The first-order valence-corrected chi connectivity index (χ1v) is 9.24. The standard InChI is InChI=1S/C22H21NO6/c1-3-26-19-13-15(10-11-18(19)28-14-20(24)27-4-2)12-17-22(25)29-21(23-17)16-8-6-5-7-9-16/h5-13H,3-4,14H2,1-2H3/b17-12-. The van der Waals surface area contributed by atoms with E-state index in [4.69, 9.17) is 18.9 Å². The Kier molecular flexibility index (Phi) is 6.63. The topological polar surface area (TPSA) is 83.4 Å². The molecule has 0 unspecified atom stereocenters. The lowest BCUT2D eigenvalue weighted by atomic mass is 10.1. The predicted octanol–water partition coefficient (Wildman–Crippen LogP) is 3.37. The number of esters is 2. The Hall–Kier alpha value is -3.61. The van der Waals surface area contributed by atoms with E-state index >= 15 is 0 Å². The zero-order valence-corrected chi connectivity index (χ0v) is 16.2. The van der Waals surface area contributed by atoms with Crippen molar-refractivity contribution in [1.29, 1.82) is 0 Å². The lowest BCUT2D eigenvalue weighted by Crippen LogP contribution is -2.15. The van der Waals surface area contributed by atoms with Gasteiger partial charge in [-0.25, -0.2) is 14.6 Å². The van der Waals surface area contributed by atoms with Crippen molar-refractivity contribution in [2.24, 2.45) is 4.99 Å². The van der Waals surface area contributed by atoms with Crippen molar-refractivity contribution in [1.82, 2.24) is 0 Å². The molecule has 2 aromatic rings. The minimum atomic E-state index is -0.524. The van der Waals surface area contributed by atoms with Gasteiger partial charge in [0, 0.05) is 5.56 Å². The van der Waals surface area contributed by atoms with Crippen LogP contribution in [0.5, 0.6) is 11.5 Å². The lowest BCUT2D eigenvalue weighted by Gasteiger charge is -2.12. The molecule has 0 aromatic heterocycles. The van der Waals surface area contributed by atoms with Crippen LogP contribution in [0.4, 0.5) is 0 Å². The van der Waals surface area contributed by atoms with Crippen LogP contribution in [0.2, 0.25) is 0 Å². The maximum atomic E-state index is 12.2. The Morgan fingerprint density at radius 2 is 1.83 bits per heavy atom. The second kappa shape index (κ2) is 9.54. The fourth-order valence-electron chi connectivity index (χ4n) is 2.61. The minimum absolute atomic E-state index is 0.187. The number of ether oxygens (including phenoxy) is 4. The maximum Gasteiger partial charge on any atom is 0.363 e. The Labute approximate surface area is 168 Å². The SMILES string of the molecule is CCOC(=O)COc1ccc(/C=C2\N=C(c3ccccc3)OC2=O)cc1OCC. The summed E-state index contributed by atoms with van der Waals surface area (Å²) in [5.41, 5.74) is 1.59. The van der Waals surface area contributed by atoms with Gasteiger partial charge in [-0.1, -0.05) is 24.3 Å². The first-order valence-electron chi connectivity index (χ1n) is 9.24. The molecule has 150 valence electrons. The van der Waals surface area contributed by atoms with Gasteiger partial charge in [0.15, 0.2) is 23.8 Å². The molecule has 2 aromatic carbocycles. The highest BCUT2D eigenvalue weighted by Gasteiger charge is 2.24. The van der Waals surface area contributed by atoms with Gasteiger partial charge in [-0.05, 0) is 49.8 Å². The van der Waals surface area contributed by atoms with Gasteiger partial charge in [-0.15, -0.1) is 0 Å². The summed E-state index contributed by atoms with van der Waals surface area (Å²) in [7, 11) is 0. The molecule has 1 aliphatic rings. The third-order valence-corrected chi connectivity index (χ3v) is 3.86. The Morgan fingerprint density at radius 3 is 2.55 bits per heavy atom. The number of hydrogen-bond donors (Lipinski definition) is 0. The Balaban J connectivity index is 1.81. The molecule has 0 saturated carbocycles. The molecule has 3 rings (SSSR count). The number of aliphatic imine (C=N–C) groups is 1. The van der Waals surface area contributed by atoms with Crippen LogP contribution in [0.3, 0.4) is 0 Å². The van der Waals surface area contributed by atoms with Gasteiger partial charge in [0.1, 0.15) is 0 Å². The molecule has 0 amide bonds. The largest absolute Gasteiger partial charge is 0.490 e. The highest BCUT2D eigenvalue weighted by atomic mass is 16.6. The Bertz CT molecular complexity index is 949. The van der Waals surface area contributed by atoms with E-state index in [2.05, 4.69) is 4.99 Å². The predicted molar refractivity (Wildman–Crippen MR) is 107 cm³/mol. The smallest absolute Gasteiger partial charge is 0.363 e. The molecule has 29 heavy (non-hydrogen) atoms. The number of hydrogen-bond acceptors (Lipinski definition) is 7. The minimum Gasteiger partial charge on any atom is -0.490 e. The number of nitrogens with zero attached hydrogens (tertiary/aromatic N) is 1. The molecule has 0 N–H and O–H groups in total. The zero-order valence-electron chi connectivity index (χ0n) is 16.2. The molecular formula is C22H21NO6. The van der Waals surface area contributed by atoms with Gasteiger partial charge in [0.2, 0.25) is 5.90 Å². The van der Waals surface area contributed by atoms with E-state index in [1.165, 1.54) is 0 Å². The maximum absolute atomic E-state index is 12.2. The molecule has 0 spiro atoms. The van der Waals surface area contributed by atoms with Crippen molar-refractivity contribution in [3.8, 4) is 11.5 Å². The van der Waals surface area contributed by atoms with E-state index in [-0.39, 0.29) is 24.8 Å². The van der Waals surface area contributed by atoms with Crippen molar-refractivity contribution >= 4 is 23.9 Å². The van der Waals surface area contributed by atoms with Gasteiger partial charge in [-0.2, -0.15) is 0 Å². The number of benzene rings is 2. The van der Waals surface area contributed by atoms with Crippen LogP contribution in [-0.4, -0.2) is 37.7 Å². The van der Waals surface area contributed by atoms with Gasteiger partial charge in [0.25, 0.3) is 0 Å². The van der Waals surface area contributed by atoms with Crippen molar-refractivity contribution in [3.63, 3.8) is 0 Å². The van der Waals surface area contributed by atoms with Gasteiger partial charge < -0.3 is 18.9 Å². The first-order chi connectivity index (χ1) is 14.1. The van der Waals surface area contributed by atoms with Gasteiger partial charge in [-0.3, -0.25) is 0 Å². The quantitative estimate of drug-likeness (QED) is 0.503. The van der Waals surface area contributed by atoms with Crippen LogP contribution < -0.4 is 9.47 Å². The van der Waals surface area contributed by atoms with Crippen LogP contribution >= 0.6 is 0 Å². The van der Waals surface area contributed by atoms with E-state index in [9.17, 15) is 9.59 Å². The summed E-state index contributed by atoms with van der Waals surface area (Å²) < 4.78 is 21.2. The fourth-order valence-corrected chi connectivity index (χ4v) is 2.61. The molecule has 7 heteroatoms. The van der Waals surface area contributed by atoms with E-state index in [1.807, 2.05) is 37.3 Å². The molecule has 0 fully saturated rings. The molecule has 0 aliphatic carbocycles. The normalized spacial score (nSPS) is 14.3. The van der Waals surface area contributed by atoms with Crippen LogP contribution in [0, 0.1) is 0 Å². The van der Waals surface area contributed by atoms with E-state index in [1.54, 1.807) is 31.2 Å². The average Bonchev–Trinajstić information content (AvgIpc) is 3.09. The first kappa shape index (κ1) is 20.1. The van der Waals surface area contributed by atoms with Crippen molar-refractivity contribution < 1.29 is 28.5 Å². The fraction of sp³-hybridized carbons (Fsp3) is 0.227. The third kappa shape index (κ3) is 5.22. The molecule has 0 saturated heterocycles. The second-order valence-electron chi connectivity index (χ2n) is 5.93. The Morgan fingerprint density at radius 1 is 1.03 bits per heavy atom. The van der Waals surface area contributed by atoms with Crippen molar-refractivity contribution in [2.75, 3.05) is 19.8 Å². The number of carbonyl (C=O) groups excluding carboxylic acids is 2. The second-order valence-corrected chi connectivity index (χ2v) is 5.93. The van der Waals surface area contributed by atoms with Crippen LogP contribution in [0.25, 0.3) is 6.08 Å². The summed E-state index contributed by atoms with van der Waals surface area (Å²) in [6.07, 6.45) is 1.61. The summed E-state index contributed by atoms with van der Waals surface area (Å²) in [5, 5.41) is 0. The number of carbonyl (C=O) groups is 2. The molecule has 7 nitrogen and oxygen atoms in total. The van der Waals surface area contributed by atoms with E-state index in [0.717, 1.165) is 5.56 Å². The van der Waals surface area contributed by atoms with Gasteiger partial charge >= 0.3 is 11.9 Å². The van der Waals surface area contributed by atoms with Gasteiger partial charge in [0.05, 0.1) is 13.2 Å². The summed E-state index contributed by atoms with van der Waals surface area (Å²) in [4.78, 5) is 28.0. The van der Waals surface area contributed by atoms with E-state index in [0.29, 0.717) is 23.7 Å².